The van der Waals surface area contributed by atoms with E-state index in [0.29, 0.717) is 0 Å². The van der Waals surface area contributed by atoms with E-state index in [1.165, 1.54) is 43.6 Å². The summed E-state index contributed by atoms with van der Waals surface area (Å²) in [6.45, 7) is 9.72. The summed E-state index contributed by atoms with van der Waals surface area (Å²) in [6, 6.07) is 7.16. The number of nitrogens with zero attached hydrogens (tertiary/aromatic N) is 1. The smallest absolute Gasteiger partial charge is 0.119 e. The fourth-order valence-corrected chi connectivity index (χ4v) is 3.63. The molecule has 0 aromatic heterocycles. The Kier molecular flexibility index (Phi) is 4.27. The maximum atomic E-state index is 5.92. The van der Waals surface area contributed by atoms with Crippen LogP contribution in [0.3, 0.4) is 0 Å². The summed E-state index contributed by atoms with van der Waals surface area (Å²) in [5.41, 5.74) is 2.55. The molecule has 2 aliphatic heterocycles. The van der Waals surface area contributed by atoms with Gasteiger partial charge in [0.15, 0.2) is 0 Å². The van der Waals surface area contributed by atoms with Crippen molar-refractivity contribution in [3.8, 4) is 5.75 Å². The van der Waals surface area contributed by atoms with Crippen LogP contribution in [0.5, 0.6) is 5.75 Å². The molecule has 0 bridgehead atoms. The standard InChI is InChI=1S/C17H26N2O/c1-13-8-14(2)10-16(9-13)20-7-6-19-11-15-4-3-5-18-17(15)12-19/h8-10,15,17-18H,3-7,11-12H2,1-2H3. The molecule has 2 saturated heterocycles. The Labute approximate surface area is 122 Å². The van der Waals surface area contributed by atoms with Crippen LogP contribution in [0, 0.1) is 19.8 Å². The van der Waals surface area contributed by atoms with Crippen LogP contribution in [0.15, 0.2) is 18.2 Å². The Bertz CT molecular complexity index is 426. The first-order chi connectivity index (χ1) is 9.70. The van der Waals surface area contributed by atoms with Crippen LogP contribution in [0.1, 0.15) is 24.0 Å². The van der Waals surface area contributed by atoms with E-state index in [1.807, 2.05) is 0 Å². The van der Waals surface area contributed by atoms with Crippen LogP contribution in [0.25, 0.3) is 0 Å². The van der Waals surface area contributed by atoms with Crippen LogP contribution < -0.4 is 10.1 Å². The lowest BCUT2D eigenvalue weighted by molar-refractivity contribution is 0.231. The Morgan fingerprint density at radius 1 is 1.20 bits per heavy atom. The van der Waals surface area contributed by atoms with Gasteiger partial charge in [0, 0.05) is 25.7 Å². The molecule has 2 atom stereocenters. The topological polar surface area (TPSA) is 24.5 Å². The first kappa shape index (κ1) is 13.9. The van der Waals surface area contributed by atoms with E-state index in [-0.39, 0.29) is 0 Å². The zero-order valence-corrected chi connectivity index (χ0v) is 12.7. The number of aryl methyl sites for hydroxylation is 2. The molecule has 1 aromatic rings. The number of nitrogens with one attached hydrogen (secondary N) is 1. The molecule has 3 rings (SSSR count). The van der Waals surface area contributed by atoms with E-state index >= 15 is 0 Å². The number of fused-ring (bicyclic) bond motifs is 1. The summed E-state index contributed by atoms with van der Waals surface area (Å²) < 4.78 is 5.92. The molecule has 1 aromatic carbocycles. The van der Waals surface area contributed by atoms with Crippen molar-refractivity contribution in [2.75, 3.05) is 32.8 Å². The molecule has 3 nitrogen and oxygen atoms in total. The van der Waals surface area contributed by atoms with E-state index in [1.54, 1.807) is 0 Å². The summed E-state index contributed by atoms with van der Waals surface area (Å²) in [7, 11) is 0. The molecule has 110 valence electrons. The van der Waals surface area contributed by atoms with E-state index in [2.05, 4.69) is 42.3 Å². The van der Waals surface area contributed by atoms with Gasteiger partial charge < -0.3 is 10.1 Å². The number of piperidine rings is 1. The van der Waals surface area contributed by atoms with Crippen molar-refractivity contribution in [3.63, 3.8) is 0 Å². The maximum Gasteiger partial charge on any atom is 0.119 e. The lowest BCUT2D eigenvalue weighted by atomic mass is 9.94. The van der Waals surface area contributed by atoms with Gasteiger partial charge in [-0.2, -0.15) is 0 Å². The third-order valence-corrected chi connectivity index (χ3v) is 4.55. The highest BCUT2D eigenvalue weighted by molar-refractivity contribution is 5.32. The molecule has 20 heavy (non-hydrogen) atoms. The first-order valence-corrected chi connectivity index (χ1v) is 7.87. The van der Waals surface area contributed by atoms with Crippen LogP contribution in [-0.2, 0) is 0 Å². The SMILES string of the molecule is Cc1cc(C)cc(OCCN2CC3CCCNC3C2)c1. The molecular weight excluding hydrogens is 248 g/mol. The third kappa shape index (κ3) is 3.33. The van der Waals surface area contributed by atoms with Gasteiger partial charge >= 0.3 is 0 Å². The minimum Gasteiger partial charge on any atom is -0.492 e. The van der Waals surface area contributed by atoms with Crippen molar-refractivity contribution in [1.29, 1.82) is 0 Å². The number of rotatable bonds is 4. The fourth-order valence-electron chi connectivity index (χ4n) is 3.63. The second-order valence-corrected chi connectivity index (χ2v) is 6.39. The second kappa shape index (κ2) is 6.15. The second-order valence-electron chi connectivity index (χ2n) is 6.39. The molecule has 2 unspecified atom stereocenters. The molecular formula is C17H26N2O. The number of likely N-dealkylation sites (tertiary alicyclic amines) is 1. The highest BCUT2D eigenvalue weighted by Gasteiger charge is 2.33. The summed E-state index contributed by atoms with van der Waals surface area (Å²) >= 11 is 0. The van der Waals surface area contributed by atoms with Gasteiger partial charge in [0.1, 0.15) is 12.4 Å². The maximum absolute atomic E-state index is 5.92. The molecule has 0 spiro atoms. The predicted octanol–water partition coefficient (Wildman–Crippen LogP) is 2.37. The van der Waals surface area contributed by atoms with Crippen molar-refractivity contribution in [2.45, 2.75) is 32.7 Å². The van der Waals surface area contributed by atoms with Crippen molar-refractivity contribution in [3.05, 3.63) is 29.3 Å². The van der Waals surface area contributed by atoms with Crippen molar-refractivity contribution < 1.29 is 4.74 Å². The molecule has 2 aliphatic rings. The lowest BCUT2D eigenvalue weighted by Gasteiger charge is -2.24. The van der Waals surface area contributed by atoms with E-state index in [0.717, 1.165) is 30.9 Å². The Morgan fingerprint density at radius 2 is 2.00 bits per heavy atom. The zero-order valence-electron chi connectivity index (χ0n) is 12.7. The Morgan fingerprint density at radius 3 is 2.75 bits per heavy atom. The van der Waals surface area contributed by atoms with E-state index in [9.17, 15) is 0 Å². The summed E-state index contributed by atoms with van der Waals surface area (Å²) in [6.07, 6.45) is 2.74. The molecule has 3 heteroatoms. The summed E-state index contributed by atoms with van der Waals surface area (Å²) in [4.78, 5) is 2.55. The van der Waals surface area contributed by atoms with Gasteiger partial charge in [-0.25, -0.2) is 0 Å². The summed E-state index contributed by atoms with van der Waals surface area (Å²) in [5, 5.41) is 3.65. The van der Waals surface area contributed by atoms with Crippen LogP contribution in [0.2, 0.25) is 0 Å². The Hall–Kier alpha value is -1.06. The van der Waals surface area contributed by atoms with E-state index in [4.69, 9.17) is 4.74 Å². The average Bonchev–Trinajstić information content (AvgIpc) is 2.80. The van der Waals surface area contributed by atoms with Crippen molar-refractivity contribution in [1.82, 2.24) is 10.2 Å². The summed E-state index contributed by atoms with van der Waals surface area (Å²) in [5.74, 6) is 1.88. The minimum atomic E-state index is 0.727. The molecule has 1 N–H and O–H groups in total. The van der Waals surface area contributed by atoms with Crippen molar-refractivity contribution in [2.24, 2.45) is 5.92 Å². The lowest BCUT2D eigenvalue weighted by Crippen LogP contribution is -2.40. The predicted molar refractivity (Wildman–Crippen MR) is 82.4 cm³/mol. The van der Waals surface area contributed by atoms with Crippen LogP contribution in [-0.4, -0.2) is 43.7 Å². The first-order valence-electron chi connectivity index (χ1n) is 7.87. The van der Waals surface area contributed by atoms with Gasteiger partial charge in [-0.1, -0.05) is 6.07 Å². The molecule has 2 fully saturated rings. The average molecular weight is 274 g/mol. The molecule has 2 heterocycles. The highest BCUT2D eigenvalue weighted by Crippen LogP contribution is 2.24. The highest BCUT2D eigenvalue weighted by atomic mass is 16.5. The monoisotopic (exact) mass is 274 g/mol. The van der Waals surface area contributed by atoms with Gasteiger partial charge in [0.05, 0.1) is 0 Å². The number of benzene rings is 1. The fraction of sp³-hybridized carbons (Fsp3) is 0.647. The third-order valence-electron chi connectivity index (χ3n) is 4.55. The zero-order chi connectivity index (χ0) is 13.9. The van der Waals surface area contributed by atoms with Gasteiger partial charge in [0.2, 0.25) is 0 Å². The molecule has 0 radical (unpaired) electrons. The van der Waals surface area contributed by atoms with Crippen LogP contribution >= 0.6 is 0 Å². The van der Waals surface area contributed by atoms with Crippen molar-refractivity contribution >= 4 is 0 Å². The van der Waals surface area contributed by atoms with Gasteiger partial charge in [0.25, 0.3) is 0 Å². The van der Waals surface area contributed by atoms with Gasteiger partial charge in [-0.3, -0.25) is 4.90 Å². The Balaban J connectivity index is 1.46. The number of hydrogen-bond acceptors (Lipinski definition) is 3. The number of hydrogen-bond donors (Lipinski definition) is 1. The quantitative estimate of drug-likeness (QED) is 0.912. The largest absolute Gasteiger partial charge is 0.492 e. The normalized spacial score (nSPS) is 26.5. The minimum absolute atomic E-state index is 0.727. The molecule has 0 saturated carbocycles. The van der Waals surface area contributed by atoms with E-state index < -0.39 is 0 Å². The van der Waals surface area contributed by atoms with Gasteiger partial charge in [-0.05, 0) is 62.4 Å². The molecule has 0 aliphatic carbocycles. The molecule has 0 amide bonds. The number of ether oxygens (including phenoxy) is 1. The van der Waals surface area contributed by atoms with Crippen LogP contribution in [0.4, 0.5) is 0 Å². The van der Waals surface area contributed by atoms with Gasteiger partial charge in [-0.15, -0.1) is 0 Å².